The number of urea groups is 1. The zero-order valence-electron chi connectivity index (χ0n) is 17.8. The molecule has 3 N–H and O–H groups in total. The minimum atomic E-state index is -0.673. The number of carboxylic acid groups (broad SMARTS) is 1. The molecule has 2 heterocycles. The maximum absolute atomic E-state index is 13.0. The van der Waals surface area contributed by atoms with Crippen LogP contribution in [0.2, 0.25) is 0 Å². The molecule has 2 atom stereocenters. The Kier molecular flexibility index (Phi) is 6.67. The van der Waals surface area contributed by atoms with E-state index in [2.05, 4.69) is 15.5 Å². The van der Waals surface area contributed by atoms with E-state index in [4.69, 9.17) is 5.11 Å². The third-order valence-electron chi connectivity index (χ3n) is 8.51. The fourth-order valence-corrected chi connectivity index (χ4v) is 6.90. The fraction of sp³-hybridized carbons (Fsp3) is 0.913. The molecule has 2 saturated carbocycles. The van der Waals surface area contributed by atoms with E-state index < -0.39 is 5.97 Å². The number of amides is 2. The van der Waals surface area contributed by atoms with Crippen molar-refractivity contribution in [3.05, 3.63) is 0 Å². The lowest BCUT2D eigenvalue weighted by Crippen LogP contribution is -2.59. The first kappa shape index (κ1) is 21.0. The Hall–Kier alpha value is -1.30. The van der Waals surface area contributed by atoms with Crippen molar-refractivity contribution in [2.24, 2.45) is 17.8 Å². The van der Waals surface area contributed by atoms with E-state index in [-0.39, 0.29) is 11.6 Å². The summed E-state index contributed by atoms with van der Waals surface area (Å²) in [7, 11) is 0. The molecule has 29 heavy (non-hydrogen) atoms. The minimum Gasteiger partial charge on any atom is -0.481 e. The maximum Gasteiger partial charge on any atom is 0.318 e. The second kappa shape index (κ2) is 9.23. The standard InChI is InChI=1S/C23H39N3O3/c27-21(28)9-6-17-4-7-19(8-5-17)23-13-2-1-3-20(23)25-22(29)26(23)16-12-18-10-14-24-15-11-18/h17-20,24H,1-16H2,(H,25,29)(H,27,28). The predicted molar refractivity (Wildman–Crippen MR) is 113 cm³/mol. The number of rotatable bonds is 7. The number of aliphatic carboxylic acids is 1. The van der Waals surface area contributed by atoms with Gasteiger partial charge in [0.1, 0.15) is 0 Å². The lowest BCUT2D eigenvalue weighted by molar-refractivity contribution is -0.137. The van der Waals surface area contributed by atoms with E-state index in [1.54, 1.807) is 0 Å². The molecule has 2 saturated heterocycles. The predicted octanol–water partition coefficient (Wildman–Crippen LogP) is 3.75. The molecular weight excluding hydrogens is 366 g/mol. The summed E-state index contributed by atoms with van der Waals surface area (Å²) in [6.45, 7) is 3.14. The monoisotopic (exact) mass is 405 g/mol. The molecule has 6 heteroatoms. The van der Waals surface area contributed by atoms with Gasteiger partial charge in [-0.3, -0.25) is 4.79 Å². The average molecular weight is 406 g/mol. The van der Waals surface area contributed by atoms with Gasteiger partial charge in [0, 0.05) is 13.0 Å². The summed E-state index contributed by atoms with van der Waals surface area (Å²) in [6.07, 6.45) is 14.0. The SMILES string of the molecule is O=C(O)CCC1CCC(C23CCCCC2NC(=O)N3CCC2CCNCC2)CC1. The van der Waals surface area contributed by atoms with Crippen LogP contribution in [0, 0.1) is 17.8 Å². The van der Waals surface area contributed by atoms with E-state index in [1.165, 1.54) is 25.7 Å². The smallest absolute Gasteiger partial charge is 0.318 e. The highest BCUT2D eigenvalue weighted by Gasteiger charge is 2.57. The molecule has 0 aromatic carbocycles. The van der Waals surface area contributed by atoms with Gasteiger partial charge in [-0.2, -0.15) is 0 Å². The second-order valence-electron chi connectivity index (χ2n) is 10.0. The van der Waals surface area contributed by atoms with Gasteiger partial charge in [-0.25, -0.2) is 4.79 Å². The van der Waals surface area contributed by atoms with Crippen LogP contribution in [0.15, 0.2) is 0 Å². The lowest BCUT2D eigenvalue weighted by Gasteiger charge is -2.51. The third-order valence-corrected chi connectivity index (χ3v) is 8.51. The van der Waals surface area contributed by atoms with Crippen LogP contribution in [0.4, 0.5) is 4.79 Å². The largest absolute Gasteiger partial charge is 0.481 e. The molecule has 2 unspecified atom stereocenters. The number of hydrogen-bond donors (Lipinski definition) is 3. The third kappa shape index (κ3) is 4.42. The Morgan fingerprint density at radius 3 is 2.45 bits per heavy atom. The number of hydrogen-bond acceptors (Lipinski definition) is 3. The molecule has 2 aliphatic heterocycles. The first-order chi connectivity index (χ1) is 14.1. The molecule has 0 bridgehead atoms. The Morgan fingerprint density at radius 2 is 1.72 bits per heavy atom. The highest BCUT2D eigenvalue weighted by molar-refractivity contribution is 5.79. The van der Waals surface area contributed by atoms with Crippen molar-refractivity contribution in [1.82, 2.24) is 15.5 Å². The van der Waals surface area contributed by atoms with Gasteiger partial charge in [-0.1, -0.05) is 25.7 Å². The van der Waals surface area contributed by atoms with Crippen molar-refractivity contribution in [1.29, 1.82) is 0 Å². The molecule has 0 spiro atoms. The number of piperidine rings is 1. The van der Waals surface area contributed by atoms with Crippen LogP contribution in [0.5, 0.6) is 0 Å². The van der Waals surface area contributed by atoms with Crippen molar-refractivity contribution in [3.63, 3.8) is 0 Å². The normalized spacial score (nSPS) is 35.9. The Balaban J connectivity index is 1.43. The minimum absolute atomic E-state index is 0.0139. The van der Waals surface area contributed by atoms with Crippen molar-refractivity contribution < 1.29 is 14.7 Å². The number of nitrogens with one attached hydrogen (secondary N) is 2. The quantitative estimate of drug-likeness (QED) is 0.602. The lowest BCUT2D eigenvalue weighted by atomic mass is 9.63. The summed E-state index contributed by atoms with van der Waals surface area (Å²) < 4.78 is 0. The molecule has 4 fully saturated rings. The van der Waals surface area contributed by atoms with Crippen LogP contribution in [-0.4, -0.2) is 53.2 Å². The van der Waals surface area contributed by atoms with E-state index >= 15 is 0 Å². The van der Waals surface area contributed by atoms with Crippen LogP contribution in [0.25, 0.3) is 0 Å². The summed E-state index contributed by atoms with van der Waals surface area (Å²) in [6, 6.07) is 0.496. The molecule has 4 aliphatic rings. The molecule has 6 nitrogen and oxygen atoms in total. The van der Waals surface area contributed by atoms with Crippen LogP contribution in [-0.2, 0) is 4.79 Å². The molecule has 164 valence electrons. The summed E-state index contributed by atoms with van der Waals surface area (Å²) in [5.41, 5.74) is 0.0139. The molecule has 0 aromatic rings. The Bertz CT molecular complexity index is 584. The topological polar surface area (TPSA) is 81.7 Å². The Morgan fingerprint density at radius 1 is 1.00 bits per heavy atom. The zero-order chi connectivity index (χ0) is 20.3. The second-order valence-corrected chi connectivity index (χ2v) is 10.0. The van der Waals surface area contributed by atoms with Gasteiger partial charge in [0.25, 0.3) is 0 Å². The van der Waals surface area contributed by atoms with Crippen molar-refractivity contribution in [3.8, 4) is 0 Å². The highest BCUT2D eigenvalue weighted by Crippen LogP contribution is 2.49. The van der Waals surface area contributed by atoms with Crippen LogP contribution < -0.4 is 10.6 Å². The number of carboxylic acids is 1. The highest BCUT2D eigenvalue weighted by atomic mass is 16.4. The number of nitrogens with zero attached hydrogens (tertiary/aromatic N) is 1. The van der Waals surface area contributed by atoms with Crippen molar-refractivity contribution in [2.75, 3.05) is 19.6 Å². The fourth-order valence-electron chi connectivity index (χ4n) is 6.90. The molecule has 2 aliphatic carbocycles. The van der Waals surface area contributed by atoms with Crippen LogP contribution in [0.1, 0.15) is 83.5 Å². The molecular formula is C23H39N3O3. The number of carbonyl (C=O) groups is 2. The van der Waals surface area contributed by atoms with Gasteiger partial charge in [-0.15, -0.1) is 0 Å². The Labute approximate surface area is 175 Å². The summed E-state index contributed by atoms with van der Waals surface area (Å²) in [5, 5.41) is 15.8. The van der Waals surface area contributed by atoms with Gasteiger partial charge in [-0.05, 0) is 82.2 Å². The number of carbonyl (C=O) groups excluding carboxylic acids is 1. The van der Waals surface area contributed by atoms with E-state index in [9.17, 15) is 9.59 Å². The molecule has 2 amide bonds. The number of fused-ring (bicyclic) bond motifs is 1. The van der Waals surface area contributed by atoms with Gasteiger partial charge in [0.05, 0.1) is 11.6 Å². The summed E-state index contributed by atoms with van der Waals surface area (Å²) in [5.74, 6) is 1.19. The van der Waals surface area contributed by atoms with Crippen LogP contribution in [0.3, 0.4) is 0 Å². The van der Waals surface area contributed by atoms with E-state index in [1.807, 2.05) is 0 Å². The average Bonchev–Trinajstić information content (AvgIpc) is 3.04. The van der Waals surface area contributed by atoms with Gasteiger partial charge < -0.3 is 20.6 Å². The van der Waals surface area contributed by atoms with Crippen molar-refractivity contribution in [2.45, 2.75) is 95.1 Å². The first-order valence-electron chi connectivity index (χ1n) is 12.1. The van der Waals surface area contributed by atoms with Crippen LogP contribution >= 0.6 is 0 Å². The van der Waals surface area contributed by atoms with Crippen molar-refractivity contribution >= 4 is 12.0 Å². The van der Waals surface area contributed by atoms with Gasteiger partial charge in [0.2, 0.25) is 0 Å². The molecule has 0 aromatic heterocycles. The summed E-state index contributed by atoms with van der Waals surface area (Å²) >= 11 is 0. The molecule has 4 rings (SSSR count). The maximum atomic E-state index is 13.0. The summed E-state index contributed by atoms with van der Waals surface area (Å²) in [4.78, 5) is 26.2. The zero-order valence-corrected chi connectivity index (χ0v) is 17.8. The van der Waals surface area contributed by atoms with E-state index in [0.29, 0.717) is 24.3 Å². The molecule has 0 radical (unpaired) electrons. The van der Waals surface area contributed by atoms with Gasteiger partial charge >= 0.3 is 12.0 Å². The van der Waals surface area contributed by atoms with Gasteiger partial charge in [0.15, 0.2) is 0 Å². The van der Waals surface area contributed by atoms with E-state index in [0.717, 1.165) is 76.9 Å². The first-order valence-corrected chi connectivity index (χ1v) is 12.1.